The Labute approximate surface area is 188 Å². The van der Waals surface area contributed by atoms with Gasteiger partial charge in [0.15, 0.2) is 0 Å². The number of aliphatic carboxylic acids is 1. The number of urea groups is 1. The van der Waals surface area contributed by atoms with Crippen LogP contribution in [0.25, 0.3) is 0 Å². The monoisotopic (exact) mass is 446 g/mol. The number of fused-ring (bicyclic) bond motifs is 1. The zero-order chi connectivity index (χ0) is 24.2. The van der Waals surface area contributed by atoms with Crippen LogP contribution in [-0.2, 0) is 14.4 Å². The first-order valence-corrected chi connectivity index (χ1v) is 11.0. The predicted molar refractivity (Wildman–Crippen MR) is 122 cm³/mol. The molecule has 4 N–H and O–H groups in total. The number of nitrogens with one attached hydrogen (secondary N) is 3. The van der Waals surface area contributed by atoms with Gasteiger partial charge in [-0.2, -0.15) is 0 Å². The molecule has 0 radical (unpaired) electrons. The Kier molecular flexibility index (Phi) is 8.24. The molecule has 1 heterocycles. The molecule has 0 fully saturated rings. The molecule has 1 aromatic carbocycles. The molecule has 176 valence electrons. The van der Waals surface area contributed by atoms with Crippen molar-refractivity contribution >= 4 is 35.2 Å². The lowest BCUT2D eigenvalue weighted by Gasteiger charge is -2.39. The second kappa shape index (κ2) is 10.5. The molecule has 1 aliphatic heterocycles. The van der Waals surface area contributed by atoms with Crippen LogP contribution in [0.3, 0.4) is 0 Å². The van der Waals surface area contributed by atoms with Gasteiger partial charge in [0, 0.05) is 0 Å². The highest BCUT2D eigenvalue weighted by Gasteiger charge is 2.40. The highest BCUT2D eigenvalue weighted by atomic mass is 16.4. The van der Waals surface area contributed by atoms with Gasteiger partial charge in [0.1, 0.15) is 18.1 Å². The number of carboxylic acids is 1. The minimum atomic E-state index is -1.14. The number of anilines is 2. The van der Waals surface area contributed by atoms with Gasteiger partial charge in [0.05, 0.1) is 11.4 Å². The topological polar surface area (TPSA) is 128 Å². The van der Waals surface area contributed by atoms with E-state index in [0.29, 0.717) is 17.8 Å². The minimum Gasteiger partial charge on any atom is -0.480 e. The fourth-order valence-electron chi connectivity index (χ4n) is 3.76. The SMILES string of the molecule is CC[C@H](C)[C@H](NC(=O)N1c2ccccc2NC(=O)[C@@H]1C(C)C)C(=O)N[C@@H](C(=O)O)C(C)C. The molecule has 0 saturated heterocycles. The van der Waals surface area contributed by atoms with Crippen molar-refractivity contribution in [2.75, 3.05) is 10.2 Å². The molecule has 4 atom stereocenters. The summed E-state index contributed by atoms with van der Waals surface area (Å²) in [6, 6.07) is 3.61. The van der Waals surface area contributed by atoms with Crippen LogP contribution in [0.1, 0.15) is 48.0 Å². The number of hydrogen-bond donors (Lipinski definition) is 4. The molecule has 0 bridgehead atoms. The lowest BCUT2D eigenvalue weighted by Crippen LogP contribution is -2.61. The molecule has 1 aromatic rings. The molecule has 2 rings (SSSR count). The first-order chi connectivity index (χ1) is 15.0. The van der Waals surface area contributed by atoms with Crippen molar-refractivity contribution in [1.82, 2.24) is 10.6 Å². The van der Waals surface area contributed by atoms with E-state index in [-0.39, 0.29) is 23.7 Å². The third kappa shape index (κ3) is 5.38. The molecule has 9 heteroatoms. The summed E-state index contributed by atoms with van der Waals surface area (Å²) in [6.07, 6.45) is 0.586. The van der Waals surface area contributed by atoms with Gasteiger partial charge in [-0.25, -0.2) is 9.59 Å². The van der Waals surface area contributed by atoms with E-state index in [9.17, 15) is 24.3 Å². The molecule has 0 spiro atoms. The van der Waals surface area contributed by atoms with Gasteiger partial charge in [-0.05, 0) is 29.9 Å². The Morgan fingerprint density at radius 2 is 1.69 bits per heavy atom. The summed E-state index contributed by atoms with van der Waals surface area (Å²) in [5.74, 6) is -2.76. The van der Waals surface area contributed by atoms with Crippen LogP contribution in [0.5, 0.6) is 0 Å². The van der Waals surface area contributed by atoms with Crippen LogP contribution in [-0.4, -0.2) is 47.0 Å². The molecule has 32 heavy (non-hydrogen) atoms. The van der Waals surface area contributed by atoms with Gasteiger partial charge < -0.3 is 21.1 Å². The van der Waals surface area contributed by atoms with E-state index >= 15 is 0 Å². The smallest absolute Gasteiger partial charge is 0.326 e. The third-order valence-corrected chi connectivity index (χ3v) is 5.82. The van der Waals surface area contributed by atoms with Crippen molar-refractivity contribution in [2.24, 2.45) is 17.8 Å². The molecule has 1 aliphatic rings. The van der Waals surface area contributed by atoms with Crippen LogP contribution in [0, 0.1) is 17.8 Å². The Balaban J connectivity index is 2.36. The average molecular weight is 447 g/mol. The predicted octanol–water partition coefficient (Wildman–Crippen LogP) is 2.82. The van der Waals surface area contributed by atoms with E-state index in [0.717, 1.165) is 0 Å². The van der Waals surface area contributed by atoms with Gasteiger partial charge in [0.2, 0.25) is 11.8 Å². The minimum absolute atomic E-state index is 0.178. The number of para-hydroxylation sites is 2. The maximum atomic E-state index is 13.4. The number of rotatable bonds is 8. The summed E-state index contributed by atoms with van der Waals surface area (Å²) in [4.78, 5) is 52.1. The van der Waals surface area contributed by atoms with E-state index in [2.05, 4.69) is 16.0 Å². The zero-order valence-corrected chi connectivity index (χ0v) is 19.5. The Morgan fingerprint density at radius 3 is 2.22 bits per heavy atom. The quantitative estimate of drug-likeness (QED) is 0.488. The van der Waals surface area contributed by atoms with Gasteiger partial charge in [-0.1, -0.05) is 60.1 Å². The standard InChI is InChI=1S/C23H34N4O5/c1-7-14(6)18(20(28)25-17(12(2)3)22(30)31)26-23(32)27-16-11-9-8-10-15(16)24-21(29)19(27)13(4)5/h8-14,17-19H,7H2,1-6H3,(H,24,29)(H,25,28)(H,26,32)(H,30,31)/t14-,17+,18-,19-/m0/s1. The number of hydrogen-bond acceptors (Lipinski definition) is 4. The molecule has 0 unspecified atom stereocenters. The Morgan fingerprint density at radius 1 is 1.06 bits per heavy atom. The fourth-order valence-corrected chi connectivity index (χ4v) is 3.76. The van der Waals surface area contributed by atoms with Crippen molar-refractivity contribution in [1.29, 1.82) is 0 Å². The van der Waals surface area contributed by atoms with Crippen molar-refractivity contribution in [3.8, 4) is 0 Å². The van der Waals surface area contributed by atoms with Crippen molar-refractivity contribution in [3.05, 3.63) is 24.3 Å². The second-order valence-electron chi connectivity index (χ2n) is 8.95. The molecule has 0 saturated carbocycles. The number of carboxylic acid groups (broad SMARTS) is 1. The van der Waals surface area contributed by atoms with Gasteiger partial charge in [-0.15, -0.1) is 0 Å². The lowest BCUT2D eigenvalue weighted by molar-refractivity contribution is -0.143. The molecular weight excluding hydrogens is 412 g/mol. The van der Waals surface area contributed by atoms with E-state index in [4.69, 9.17) is 0 Å². The number of nitrogens with zero attached hydrogens (tertiary/aromatic N) is 1. The highest BCUT2D eigenvalue weighted by Crippen LogP contribution is 2.34. The van der Waals surface area contributed by atoms with Gasteiger partial charge >= 0.3 is 12.0 Å². The highest BCUT2D eigenvalue weighted by molar-refractivity contribution is 6.12. The van der Waals surface area contributed by atoms with Gasteiger partial charge in [0.25, 0.3) is 0 Å². The number of carbonyl (C=O) groups excluding carboxylic acids is 3. The second-order valence-corrected chi connectivity index (χ2v) is 8.95. The van der Waals surface area contributed by atoms with Crippen LogP contribution in [0.2, 0.25) is 0 Å². The summed E-state index contributed by atoms with van der Waals surface area (Å²) in [5, 5.41) is 17.6. The lowest BCUT2D eigenvalue weighted by atomic mass is 9.96. The summed E-state index contributed by atoms with van der Waals surface area (Å²) in [5.41, 5.74) is 1.05. The fraction of sp³-hybridized carbons (Fsp3) is 0.565. The van der Waals surface area contributed by atoms with Crippen molar-refractivity contribution in [2.45, 2.75) is 66.1 Å². The summed E-state index contributed by atoms with van der Waals surface area (Å²) < 4.78 is 0. The first-order valence-electron chi connectivity index (χ1n) is 11.0. The summed E-state index contributed by atoms with van der Waals surface area (Å²) >= 11 is 0. The number of benzene rings is 1. The van der Waals surface area contributed by atoms with Crippen molar-refractivity contribution in [3.63, 3.8) is 0 Å². The molecule has 4 amide bonds. The zero-order valence-electron chi connectivity index (χ0n) is 19.5. The van der Waals surface area contributed by atoms with E-state index in [1.54, 1.807) is 38.1 Å². The molecular formula is C23H34N4O5. The van der Waals surface area contributed by atoms with Crippen LogP contribution in [0.4, 0.5) is 16.2 Å². The largest absolute Gasteiger partial charge is 0.480 e. The third-order valence-electron chi connectivity index (χ3n) is 5.82. The Hall–Kier alpha value is -3.10. The van der Waals surface area contributed by atoms with Crippen LogP contribution < -0.4 is 20.9 Å². The number of carbonyl (C=O) groups is 4. The average Bonchev–Trinajstić information content (AvgIpc) is 2.73. The molecule has 0 aliphatic carbocycles. The summed E-state index contributed by atoms with van der Waals surface area (Å²) in [6.45, 7) is 10.8. The Bertz CT molecular complexity index is 870. The maximum absolute atomic E-state index is 13.4. The van der Waals surface area contributed by atoms with E-state index in [1.165, 1.54) is 4.90 Å². The molecule has 0 aromatic heterocycles. The first kappa shape index (κ1) is 25.2. The summed E-state index contributed by atoms with van der Waals surface area (Å²) in [7, 11) is 0. The van der Waals surface area contributed by atoms with Crippen molar-refractivity contribution < 1.29 is 24.3 Å². The molecule has 9 nitrogen and oxygen atoms in total. The number of amides is 4. The van der Waals surface area contributed by atoms with E-state index < -0.39 is 36.0 Å². The maximum Gasteiger partial charge on any atom is 0.326 e. The van der Waals surface area contributed by atoms with E-state index in [1.807, 2.05) is 27.7 Å². The van der Waals surface area contributed by atoms with Gasteiger partial charge in [-0.3, -0.25) is 14.5 Å². The normalized spacial score (nSPS) is 18.4. The van der Waals surface area contributed by atoms with Crippen LogP contribution in [0.15, 0.2) is 24.3 Å². The van der Waals surface area contributed by atoms with Crippen LogP contribution >= 0.6 is 0 Å².